The third kappa shape index (κ3) is 2.14. The predicted octanol–water partition coefficient (Wildman–Crippen LogP) is 5.19. The van der Waals surface area contributed by atoms with Gasteiger partial charge in [0.05, 0.1) is 0 Å². The summed E-state index contributed by atoms with van der Waals surface area (Å²) in [5, 5.41) is 8.39. The van der Waals surface area contributed by atoms with Gasteiger partial charge in [-0.1, -0.05) is 11.6 Å². The van der Waals surface area contributed by atoms with Crippen LogP contribution in [0.15, 0.2) is 24.3 Å². The number of halogens is 1. The first-order valence-electron chi connectivity index (χ1n) is 8.57. The number of aromatic amines is 1. The van der Waals surface area contributed by atoms with Gasteiger partial charge in [0.15, 0.2) is 10.6 Å². The smallest absolute Gasteiger partial charge is 0.195 e. The first-order chi connectivity index (χ1) is 11.1. The number of nitrogens with one attached hydrogen (secondary N) is 1. The molecule has 0 saturated heterocycles. The molecule has 4 fully saturated rings. The zero-order valence-corrected chi connectivity index (χ0v) is 14.5. The van der Waals surface area contributed by atoms with Crippen LogP contribution in [0.2, 0.25) is 5.02 Å². The Morgan fingerprint density at radius 2 is 1.61 bits per heavy atom. The van der Waals surface area contributed by atoms with E-state index in [0.29, 0.717) is 0 Å². The summed E-state index contributed by atoms with van der Waals surface area (Å²) < 4.78 is 3.13. The van der Waals surface area contributed by atoms with Gasteiger partial charge in [-0.15, -0.1) is 0 Å². The highest BCUT2D eigenvalue weighted by Crippen LogP contribution is 2.59. The SMILES string of the molecule is S=c1[nH]nc(-c2ccc(Cl)cc2)n1C12CC3CC(CC(C3)C1)C2. The summed E-state index contributed by atoms with van der Waals surface area (Å²) in [4.78, 5) is 0. The molecule has 4 aliphatic carbocycles. The first-order valence-corrected chi connectivity index (χ1v) is 9.35. The number of nitrogens with zero attached hydrogens (tertiary/aromatic N) is 2. The Hall–Kier alpha value is -1.13. The number of H-pyrrole nitrogens is 1. The van der Waals surface area contributed by atoms with Crippen LogP contribution in [-0.4, -0.2) is 14.8 Å². The normalized spacial score (nSPS) is 34.9. The summed E-state index contributed by atoms with van der Waals surface area (Å²) in [5.74, 6) is 3.64. The van der Waals surface area contributed by atoms with E-state index in [1.807, 2.05) is 24.3 Å². The molecule has 23 heavy (non-hydrogen) atoms. The van der Waals surface area contributed by atoms with Crippen molar-refractivity contribution in [1.29, 1.82) is 0 Å². The zero-order chi connectivity index (χ0) is 15.6. The fourth-order valence-electron chi connectivity index (χ4n) is 5.87. The lowest BCUT2D eigenvalue weighted by Crippen LogP contribution is -2.52. The Morgan fingerprint density at radius 1 is 1.04 bits per heavy atom. The number of aromatic nitrogens is 3. The average molecular weight is 346 g/mol. The van der Waals surface area contributed by atoms with Crippen LogP contribution in [0.1, 0.15) is 38.5 Å². The van der Waals surface area contributed by atoms with Crippen LogP contribution in [0, 0.1) is 22.5 Å². The second kappa shape index (κ2) is 4.93. The Balaban J connectivity index is 1.65. The maximum atomic E-state index is 6.05. The fraction of sp³-hybridized carbons (Fsp3) is 0.556. The van der Waals surface area contributed by atoms with E-state index in [1.54, 1.807) is 0 Å². The highest BCUT2D eigenvalue weighted by atomic mass is 35.5. The van der Waals surface area contributed by atoms with Crippen molar-refractivity contribution in [2.75, 3.05) is 0 Å². The second-order valence-corrected chi connectivity index (χ2v) is 8.66. The summed E-state index contributed by atoms with van der Waals surface area (Å²) in [6, 6.07) is 7.95. The second-order valence-electron chi connectivity index (χ2n) is 7.84. The summed E-state index contributed by atoms with van der Waals surface area (Å²) in [5.41, 5.74) is 1.28. The van der Waals surface area contributed by atoms with Crippen LogP contribution >= 0.6 is 23.8 Å². The summed E-state index contributed by atoms with van der Waals surface area (Å²) in [6.07, 6.45) is 8.11. The van der Waals surface area contributed by atoms with Crippen molar-refractivity contribution >= 4 is 23.8 Å². The van der Waals surface area contributed by atoms with Crippen molar-refractivity contribution in [3.05, 3.63) is 34.1 Å². The Labute approximate surface area is 146 Å². The molecule has 2 aromatic rings. The molecule has 0 atom stereocenters. The quantitative estimate of drug-likeness (QED) is 0.760. The lowest BCUT2D eigenvalue weighted by Gasteiger charge is -2.57. The number of hydrogen-bond donors (Lipinski definition) is 1. The highest BCUT2D eigenvalue weighted by molar-refractivity contribution is 7.71. The van der Waals surface area contributed by atoms with Crippen molar-refractivity contribution in [3.8, 4) is 11.4 Å². The van der Waals surface area contributed by atoms with Crippen LogP contribution < -0.4 is 0 Å². The highest BCUT2D eigenvalue weighted by Gasteiger charge is 2.52. The summed E-state index contributed by atoms with van der Waals surface area (Å²) >= 11 is 11.7. The van der Waals surface area contributed by atoms with Crippen LogP contribution in [0.4, 0.5) is 0 Å². The van der Waals surface area contributed by atoms with Crippen LogP contribution in [0.25, 0.3) is 11.4 Å². The molecule has 1 N–H and O–H groups in total. The summed E-state index contributed by atoms with van der Waals surface area (Å²) in [6.45, 7) is 0. The number of rotatable bonds is 2. The maximum absolute atomic E-state index is 6.05. The Morgan fingerprint density at radius 3 is 2.17 bits per heavy atom. The van der Waals surface area contributed by atoms with E-state index in [2.05, 4.69) is 14.8 Å². The molecule has 4 saturated carbocycles. The van der Waals surface area contributed by atoms with E-state index in [-0.39, 0.29) is 5.54 Å². The molecule has 120 valence electrons. The largest absolute Gasteiger partial charge is 0.294 e. The Kier molecular flexibility index (Phi) is 3.05. The summed E-state index contributed by atoms with van der Waals surface area (Å²) in [7, 11) is 0. The van der Waals surface area contributed by atoms with Gasteiger partial charge in [0.25, 0.3) is 0 Å². The van der Waals surface area contributed by atoms with Crippen molar-refractivity contribution in [2.24, 2.45) is 17.8 Å². The van der Waals surface area contributed by atoms with Crippen LogP contribution in [0.5, 0.6) is 0 Å². The molecular weight excluding hydrogens is 326 g/mol. The standard InChI is InChI=1S/C18H20ClN3S/c19-15-3-1-14(2-4-15)16-20-21-17(23)22(16)18-8-11-5-12(9-18)7-13(6-11)10-18/h1-4,11-13H,5-10H2,(H,21,23). The van der Waals surface area contributed by atoms with E-state index < -0.39 is 0 Å². The topological polar surface area (TPSA) is 33.6 Å². The van der Waals surface area contributed by atoms with Crippen LogP contribution in [-0.2, 0) is 5.54 Å². The first kappa shape index (κ1) is 14.2. The molecule has 0 radical (unpaired) electrons. The van der Waals surface area contributed by atoms with Gasteiger partial charge in [-0.3, -0.25) is 9.67 Å². The van der Waals surface area contributed by atoms with Gasteiger partial charge in [-0.25, -0.2) is 0 Å². The molecule has 0 amide bonds. The third-order valence-corrected chi connectivity index (χ3v) is 6.78. The van der Waals surface area contributed by atoms with Crippen molar-refractivity contribution < 1.29 is 0 Å². The van der Waals surface area contributed by atoms with E-state index in [1.165, 1.54) is 38.5 Å². The Bertz CT molecular complexity index is 769. The van der Waals surface area contributed by atoms with Gasteiger partial charge >= 0.3 is 0 Å². The molecule has 1 aromatic carbocycles. The molecular formula is C18H20ClN3S. The van der Waals surface area contributed by atoms with Gasteiger partial charge in [0.1, 0.15) is 0 Å². The molecule has 1 aromatic heterocycles. The van der Waals surface area contributed by atoms with E-state index in [4.69, 9.17) is 23.8 Å². The molecule has 0 spiro atoms. The van der Waals surface area contributed by atoms with Crippen LogP contribution in [0.3, 0.4) is 0 Å². The third-order valence-electron chi connectivity index (χ3n) is 6.26. The van der Waals surface area contributed by atoms with Gasteiger partial charge in [0.2, 0.25) is 0 Å². The average Bonchev–Trinajstić information content (AvgIpc) is 2.89. The lowest BCUT2D eigenvalue weighted by atomic mass is 9.53. The van der Waals surface area contributed by atoms with Crippen molar-refractivity contribution in [1.82, 2.24) is 14.8 Å². The lowest BCUT2D eigenvalue weighted by molar-refractivity contribution is -0.0430. The molecule has 6 rings (SSSR count). The maximum Gasteiger partial charge on any atom is 0.195 e. The van der Waals surface area contributed by atoms with E-state index in [9.17, 15) is 0 Å². The zero-order valence-electron chi connectivity index (χ0n) is 13.0. The predicted molar refractivity (Wildman–Crippen MR) is 94.0 cm³/mol. The fourth-order valence-corrected chi connectivity index (χ4v) is 6.32. The molecule has 4 bridgehead atoms. The van der Waals surface area contributed by atoms with Gasteiger partial charge in [-0.05, 0) is 92.8 Å². The molecule has 5 heteroatoms. The van der Waals surface area contributed by atoms with Gasteiger partial charge in [-0.2, -0.15) is 5.10 Å². The van der Waals surface area contributed by atoms with E-state index >= 15 is 0 Å². The number of benzene rings is 1. The van der Waals surface area contributed by atoms with E-state index in [0.717, 1.165) is 38.9 Å². The number of hydrogen-bond acceptors (Lipinski definition) is 2. The molecule has 0 aliphatic heterocycles. The monoisotopic (exact) mass is 345 g/mol. The molecule has 1 heterocycles. The molecule has 3 nitrogen and oxygen atoms in total. The van der Waals surface area contributed by atoms with Crippen molar-refractivity contribution in [2.45, 2.75) is 44.1 Å². The molecule has 4 aliphatic rings. The van der Waals surface area contributed by atoms with Gasteiger partial charge in [0, 0.05) is 16.1 Å². The minimum absolute atomic E-state index is 0.188. The minimum atomic E-state index is 0.188. The minimum Gasteiger partial charge on any atom is -0.294 e. The molecule has 0 unspecified atom stereocenters. The van der Waals surface area contributed by atoms with Crippen molar-refractivity contribution in [3.63, 3.8) is 0 Å². The van der Waals surface area contributed by atoms with Gasteiger partial charge < -0.3 is 0 Å².